The van der Waals surface area contributed by atoms with Gasteiger partial charge in [-0.3, -0.25) is 4.79 Å². The summed E-state index contributed by atoms with van der Waals surface area (Å²) in [4.78, 5) is 24.6. The average molecular weight is 532 g/mol. The molecule has 3 N–H and O–H groups in total. The Labute approximate surface area is 233 Å². The van der Waals surface area contributed by atoms with E-state index in [9.17, 15) is 9.90 Å². The molecule has 4 rings (SSSR count). The lowest BCUT2D eigenvalue weighted by molar-refractivity contribution is -0.121. The van der Waals surface area contributed by atoms with E-state index in [1.165, 1.54) is 0 Å². The first kappa shape index (κ1) is 28.7. The third-order valence-corrected chi connectivity index (χ3v) is 7.58. The summed E-state index contributed by atoms with van der Waals surface area (Å²) in [7, 11) is 4.00. The molecule has 1 amide bonds. The molecule has 0 aliphatic heterocycles. The standard InChI is InChI=1S/C32H45N5O2/c1-31(2,3)24-17-20(18-25(28(24)39)32(4,5)6)19-27(38)33-21-13-15-22(16-14-21)34-30-35-26-12-10-9-11-23(26)29(36-30)37(7)8/h9-12,17-18,21-22,39H,13-16,19H2,1-8H3,(H,33,38)(H,34,35,36). The monoisotopic (exact) mass is 531 g/mol. The van der Waals surface area contributed by atoms with Crippen LogP contribution in [0.4, 0.5) is 11.8 Å². The predicted octanol–water partition coefficient (Wildman–Crippen LogP) is 6.08. The van der Waals surface area contributed by atoms with Crippen LogP contribution in [0.15, 0.2) is 36.4 Å². The Morgan fingerprint density at radius 2 is 1.49 bits per heavy atom. The van der Waals surface area contributed by atoms with Gasteiger partial charge in [0.25, 0.3) is 0 Å². The minimum absolute atomic E-state index is 0.0327. The van der Waals surface area contributed by atoms with E-state index in [1.807, 2.05) is 55.4 Å². The van der Waals surface area contributed by atoms with Gasteiger partial charge in [-0.25, -0.2) is 4.98 Å². The van der Waals surface area contributed by atoms with Gasteiger partial charge >= 0.3 is 0 Å². The molecule has 1 aliphatic carbocycles. The molecular formula is C32H45N5O2. The summed E-state index contributed by atoms with van der Waals surface area (Å²) in [6.07, 6.45) is 4.02. The molecule has 0 bridgehead atoms. The maximum Gasteiger partial charge on any atom is 0.225 e. The lowest BCUT2D eigenvalue weighted by Gasteiger charge is -2.30. The molecule has 0 atom stereocenters. The molecule has 1 aromatic heterocycles. The van der Waals surface area contributed by atoms with Crippen molar-refractivity contribution < 1.29 is 9.90 Å². The highest BCUT2D eigenvalue weighted by Crippen LogP contribution is 2.40. The normalized spacial score (nSPS) is 18.2. The van der Waals surface area contributed by atoms with Crippen molar-refractivity contribution in [3.8, 4) is 5.75 Å². The largest absolute Gasteiger partial charge is 0.507 e. The van der Waals surface area contributed by atoms with Crippen molar-refractivity contribution in [3.63, 3.8) is 0 Å². The van der Waals surface area contributed by atoms with Gasteiger partial charge in [0.15, 0.2) is 0 Å². The highest BCUT2D eigenvalue weighted by atomic mass is 16.3. The second-order valence-corrected chi connectivity index (χ2v) is 13.3. The molecule has 210 valence electrons. The number of nitrogens with one attached hydrogen (secondary N) is 2. The molecule has 0 radical (unpaired) electrons. The van der Waals surface area contributed by atoms with Crippen LogP contribution >= 0.6 is 0 Å². The van der Waals surface area contributed by atoms with Gasteiger partial charge < -0.3 is 20.6 Å². The molecule has 1 heterocycles. The van der Waals surface area contributed by atoms with Crippen LogP contribution in [0, 0.1) is 0 Å². The van der Waals surface area contributed by atoms with Gasteiger partial charge in [-0.1, -0.05) is 65.8 Å². The van der Waals surface area contributed by atoms with Crippen molar-refractivity contribution in [3.05, 3.63) is 53.1 Å². The number of hydrogen-bond donors (Lipinski definition) is 3. The number of phenols is 1. The number of carbonyl (C=O) groups excluding carboxylic acids is 1. The molecule has 0 saturated heterocycles. The molecule has 39 heavy (non-hydrogen) atoms. The molecule has 1 aliphatic rings. The van der Waals surface area contributed by atoms with Crippen LogP contribution in [0.2, 0.25) is 0 Å². The first-order chi connectivity index (χ1) is 18.2. The zero-order valence-corrected chi connectivity index (χ0v) is 24.9. The van der Waals surface area contributed by atoms with Crippen molar-refractivity contribution >= 4 is 28.6 Å². The van der Waals surface area contributed by atoms with E-state index < -0.39 is 0 Å². The van der Waals surface area contributed by atoms with Crippen LogP contribution in [0.5, 0.6) is 5.75 Å². The fourth-order valence-electron chi connectivity index (χ4n) is 5.43. The molecule has 1 saturated carbocycles. The first-order valence-corrected chi connectivity index (χ1v) is 14.1. The van der Waals surface area contributed by atoms with Crippen LogP contribution < -0.4 is 15.5 Å². The summed E-state index contributed by atoms with van der Waals surface area (Å²) in [6, 6.07) is 12.5. The van der Waals surface area contributed by atoms with Gasteiger partial charge in [0.05, 0.1) is 11.9 Å². The highest BCUT2D eigenvalue weighted by molar-refractivity contribution is 5.90. The fourth-order valence-corrected chi connectivity index (χ4v) is 5.43. The van der Waals surface area contributed by atoms with Gasteiger partial charge in [-0.05, 0) is 65.3 Å². The predicted molar refractivity (Wildman–Crippen MR) is 161 cm³/mol. The average Bonchev–Trinajstić information content (AvgIpc) is 2.84. The lowest BCUT2D eigenvalue weighted by Crippen LogP contribution is -2.41. The number of fused-ring (bicyclic) bond motifs is 1. The number of benzene rings is 2. The van der Waals surface area contributed by atoms with Crippen LogP contribution in [0.25, 0.3) is 10.9 Å². The van der Waals surface area contributed by atoms with E-state index in [4.69, 9.17) is 9.97 Å². The van der Waals surface area contributed by atoms with Gasteiger partial charge in [0.1, 0.15) is 11.6 Å². The van der Waals surface area contributed by atoms with E-state index in [1.54, 1.807) is 0 Å². The zero-order chi connectivity index (χ0) is 28.5. The van der Waals surface area contributed by atoms with E-state index in [0.29, 0.717) is 18.1 Å². The zero-order valence-electron chi connectivity index (χ0n) is 24.9. The van der Waals surface area contributed by atoms with Crippen LogP contribution in [-0.2, 0) is 22.0 Å². The molecule has 3 aromatic rings. The summed E-state index contributed by atoms with van der Waals surface area (Å²) >= 11 is 0. The number of para-hydroxylation sites is 1. The number of aromatic nitrogens is 2. The van der Waals surface area contributed by atoms with Crippen LogP contribution in [0.1, 0.15) is 83.9 Å². The van der Waals surface area contributed by atoms with Crippen molar-refractivity contribution in [1.82, 2.24) is 15.3 Å². The molecular weight excluding hydrogens is 486 g/mol. The molecule has 1 fully saturated rings. The Morgan fingerprint density at radius 3 is 2.05 bits per heavy atom. The Balaban J connectivity index is 1.38. The van der Waals surface area contributed by atoms with Crippen molar-refractivity contribution in [1.29, 1.82) is 0 Å². The van der Waals surface area contributed by atoms with Crippen molar-refractivity contribution in [2.75, 3.05) is 24.3 Å². The van der Waals surface area contributed by atoms with Gasteiger partial charge in [-0.15, -0.1) is 0 Å². The maximum absolute atomic E-state index is 13.1. The summed E-state index contributed by atoms with van der Waals surface area (Å²) in [5.41, 5.74) is 3.21. The second-order valence-electron chi connectivity index (χ2n) is 13.3. The Bertz CT molecular complexity index is 1290. The minimum atomic E-state index is -0.218. The molecule has 0 spiro atoms. The molecule has 7 heteroatoms. The number of rotatable bonds is 6. The van der Waals surface area contributed by atoms with E-state index in [-0.39, 0.29) is 28.8 Å². The van der Waals surface area contributed by atoms with E-state index in [0.717, 1.165) is 59.1 Å². The third-order valence-electron chi connectivity index (χ3n) is 7.58. The number of carbonyl (C=O) groups is 1. The lowest BCUT2D eigenvalue weighted by atomic mass is 9.78. The van der Waals surface area contributed by atoms with Crippen molar-refractivity contribution in [2.45, 2.75) is 96.6 Å². The topological polar surface area (TPSA) is 90.4 Å². The SMILES string of the molecule is CN(C)c1nc(NC2CCC(NC(=O)Cc3cc(C(C)(C)C)c(O)c(C(C)(C)C)c3)CC2)nc2ccccc12. The Morgan fingerprint density at radius 1 is 0.923 bits per heavy atom. The van der Waals surface area contributed by atoms with Gasteiger partial charge in [-0.2, -0.15) is 4.98 Å². The second kappa shape index (κ2) is 11.0. The van der Waals surface area contributed by atoms with Crippen molar-refractivity contribution in [2.24, 2.45) is 0 Å². The van der Waals surface area contributed by atoms with Crippen LogP contribution in [0.3, 0.4) is 0 Å². The first-order valence-electron chi connectivity index (χ1n) is 14.1. The summed E-state index contributed by atoms with van der Waals surface area (Å²) in [5.74, 6) is 1.94. The van der Waals surface area contributed by atoms with Gasteiger partial charge in [0, 0.05) is 31.6 Å². The number of phenolic OH excluding ortho intramolecular Hbond substituents is 1. The minimum Gasteiger partial charge on any atom is -0.507 e. The smallest absolute Gasteiger partial charge is 0.225 e. The molecule has 7 nitrogen and oxygen atoms in total. The Hall–Kier alpha value is -3.35. The van der Waals surface area contributed by atoms with Gasteiger partial charge in [0.2, 0.25) is 11.9 Å². The number of aromatic hydroxyl groups is 1. The van der Waals surface area contributed by atoms with E-state index >= 15 is 0 Å². The summed E-state index contributed by atoms with van der Waals surface area (Å²) < 4.78 is 0. The number of nitrogens with zero attached hydrogens (tertiary/aromatic N) is 3. The summed E-state index contributed by atoms with van der Waals surface area (Å²) in [5, 5.41) is 18.8. The fraction of sp³-hybridized carbons (Fsp3) is 0.531. The molecule has 0 unspecified atom stereocenters. The van der Waals surface area contributed by atoms with E-state index in [2.05, 4.69) is 52.2 Å². The maximum atomic E-state index is 13.1. The van der Waals surface area contributed by atoms with Crippen LogP contribution in [-0.4, -0.2) is 47.2 Å². The Kier molecular flexibility index (Phi) is 8.10. The molecule has 2 aromatic carbocycles. The number of hydrogen-bond acceptors (Lipinski definition) is 6. The third kappa shape index (κ3) is 6.81. The number of amides is 1. The number of anilines is 2. The quantitative estimate of drug-likeness (QED) is 0.357. The summed E-state index contributed by atoms with van der Waals surface area (Å²) in [6.45, 7) is 12.6. The highest BCUT2D eigenvalue weighted by Gasteiger charge is 2.28.